The zero-order valence-electron chi connectivity index (χ0n) is 16.1. The molecule has 0 spiro atoms. The Hall–Kier alpha value is -2.38. The summed E-state index contributed by atoms with van der Waals surface area (Å²) in [6.45, 7) is 2.78. The average molecular weight is 426 g/mol. The van der Waals surface area contributed by atoms with Crippen molar-refractivity contribution in [2.45, 2.75) is 12.2 Å². The highest BCUT2D eigenvalue weighted by molar-refractivity contribution is 7.98. The molecular weight excluding hydrogens is 402 g/mol. The molecule has 0 unspecified atom stereocenters. The SMILES string of the molecule is O=C(c1c(-n2cccc2)sc2c1CCSC2)N1CCN(c2ccccc2O)CC1. The van der Waals surface area contributed by atoms with Crippen molar-refractivity contribution < 1.29 is 9.90 Å². The number of carbonyl (C=O) groups is 1. The molecule has 1 saturated heterocycles. The summed E-state index contributed by atoms with van der Waals surface area (Å²) in [7, 11) is 0. The lowest BCUT2D eigenvalue weighted by atomic mass is 10.1. The van der Waals surface area contributed by atoms with E-state index in [4.69, 9.17) is 0 Å². The second kappa shape index (κ2) is 7.80. The van der Waals surface area contributed by atoms with Gasteiger partial charge in [-0.3, -0.25) is 4.79 Å². The number of hydrogen-bond acceptors (Lipinski definition) is 5. The molecule has 7 heteroatoms. The summed E-state index contributed by atoms with van der Waals surface area (Å²) in [4.78, 5) is 19.1. The van der Waals surface area contributed by atoms with Crippen LogP contribution in [0.2, 0.25) is 0 Å². The fraction of sp³-hybridized carbons (Fsp3) is 0.318. The van der Waals surface area contributed by atoms with Crippen LogP contribution < -0.4 is 4.90 Å². The highest BCUT2D eigenvalue weighted by Gasteiger charge is 2.31. The van der Waals surface area contributed by atoms with Gasteiger partial charge in [-0.25, -0.2) is 0 Å². The van der Waals surface area contributed by atoms with Gasteiger partial charge in [0.2, 0.25) is 0 Å². The van der Waals surface area contributed by atoms with E-state index in [1.54, 1.807) is 17.4 Å². The van der Waals surface area contributed by atoms with Crippen LogP contribution in [0, 0.1) is 0 Å². The van der Waals surface area contributed by atoms with Gasteiger partial charge in [0.1, 0.15) is 10.8 Å². The maximum atomic E-state index is 13.6. The normalized spacial score (nSPS) is 16.7. The summed E-state index contributed by atoms with van der Waals surface area (Å²) >= 11 is 3.71. The van der Waals surface area contributed by atoms with E-state index >= 15 is 0 Å². The lowest BCUT2D eigenvalue weighted by Crippen LogP contribution is -2.49. The van der Waals surface area contributed by atoms with E-state index in [9.17, 15) is 9.90 Å². The number of fused-ring (bicyclic) bond motifs is 1. The van der Waals surface area contributed by atoms with E-state index in [1.165, 1.54) is 10.4 Å². The third kappa shape index (κ3) is 3.42. The van der Waals surface area contributed by atoms with Crippen molar-refractivity contribution >= 4 is 34.7 Å². The van der Waals surface area contributed by atoms with Crippen molar-refractivity contribution in [3.63, 3.8) is 0 Å². The Morgan fingerprint density at radius 2 is 1.76 bits per heavy atom. The summed E-state index contributed by atoms with van der Waals surface area (Å²) in [5, 5.41) is 11.2. The number of aromatic hydroxyl groups is 1. The van der Waals surface area contributed by atoms with Crippen LogP contribution in [0.15, 0.2) is 48.8 Å². The first-order chi connectivity index (χ1) is 14.2. The number of thiophene rings is 1. The number of carbonyl (C=O) groups excluding carboxylic acids is 1. The fourth-order valence-corrected chi connectivity index (χ4v) is 6.57. The summed E-state index contributed by atoms with van der Waals surface area (Å²) < 4.78 is 2.08. The van der Waals surface area contributed by atoms with Crippen molar-refractivity contribution in [3.8, 4) is 10.8 Å². The highest BCUT2D eigenvalue weighted by Crippen LogP contribution is 2.39. The summed E-state index contributed by atoms with van der Waals surface area (Å²) in [5.41, 5.74) is 3.00. The lowest BCUT2D eigenvalue weighted by molar-refractivity contribution is 0.0746. The van der Waals surface area contributed by atoms with E-state index in [2.05, 4.69) is 9.47 Å². The topological polar surface area (TPSA) is 48.7 Å². The fourth-order valence-electron chi connectivity index (χ4n) is 4.13. The van der Waals surface area contributed by atoms with Crippen molar-refractivity contribution in [1.82, 2.24) is 9.47 Å². The van der Waals surface area contributed by atoms with Crippen LogP contribution >= 0.6 is 23.1 Å². The van der Waals surface area contributed by atoms with Crippen molar-refractivity contribution in [3.05, 3.63) is 64.8 Å². The number of anilines is 1. The zero-order valence-corrected chi connectivity index (χ0v) is 17.7. The van der Waals surface area contributed by atoms with Gasteiger partial charge in [0.05, 0.1) is 11.3 Å². The van der Waals surface area contributed by atoms with Gasteiger partial charge in [-0.15, -0.1) is 11.3 Å². The Kier molecular flexibility index (Phi) is 5.01. The Balaban J connectivity index is 1.40. The standard InChI is InChI=1S/C22H23N3O2S2/c26-18-6-2-1-5-17(18)23-10-12-24(13-11-23)21(27)20-16-7-14-28-15-19(16)29-22(20)25-8-3-4-9-25/h1-6,8-9,26H,7,10-15H2. The van der Waals surface area contributed by atoms with Crippen molar-refractivity contribution in [2.75, 3.05) is 36.8 Å². The molecule has 0 saturated carbocycles. The van der Waals surface area contributed by atoms with Crippen LogP contribution in [0.1, 0.15) is 20.8 Å². The van der Waals surface area contributed by atoms with Crippen LogP contribution in [0.4, 0.5) is 5.69 Å². The predicted octanol–water partition coefficient (Wildman–Crippen LogP) is 4.00. The van der Waals surface area contributed by atoms with Gasteiger partial charge in [0.25, 0.3) is 5.91 Å². The first-order valence-electron chi connectivity index (χ1n) is 9.90. The minimum atomic E-state index is 0.148. The van der Waals surface area contributed by atoms with Gasteiger partial charge in [-0.1, -0.05) is 12.1 Å². The summed E-state index contributed by atoms with van der Waals surface area (Å²) in [6, 6.07) is 11.4. The molecule has 1 N–H and O–H groups in total. The van der Waals surface area contributed by atoms with Crippen LogP contribution in [-0.4, -0.2) is 52.4 Å². The van der Waals surface area contributed by atoms with E-state index in [1.807, 2.05) is 59.4 Å². The molecule has 1 fully saturated rings. The number of phenolic OH excluding ortho intramolecular Hbond substituents is 1. The Morgan fingerprint density at radius 1 is 1.00 bits per heavy atom. The average Bonchev–Trinajstić information content (AvgIpc) is 3.41. The van der Waals surface area contributed by atoms with Crippen LogP contribution in [0.5, 0.6) is 5.75 Å². The molecule has 2 aliphatic rings. The minimum absolute atomic E-state index is 0.148. The van der Waals surface area contributed by atoms with Gasteiger partial charge in [0, 0.05) is 49.2 Å². The molecule has 0 bridgehead atoms. The predicted molar refractivity (Wildman–Crippen MR) is 120 cm³/mol. The molecule has 0 atom stereocenters. The van der Waals surface area contributed by atoms with Crippen LogP contribution in [0.25, 0.3) is 5.00 Å². The highest BCUT2D eigenvalue weighted by atomic mass is 32.2. The monoisotopic (exact) mass is 425 g/mol. The molecule has 29 heavy (non-hydrogen) atoms. The minimum Gasteiger partial charge on any atom is -0.506 e. The first kappa shape index (κ1) is 18.6. The Morgan fingerprint density at radius 3 is 2.52 bits per heavy atom. The quantitative estimate of drug-likeness (QED) is 0.689. The van der Waals surface area contributed by atoms with E-state index in [0.717, 1.165) is 47.3 Å². The number of hydrogen-bond donors (Lipinski definition) is 1. The molecule has 5 rings (SSSR count). The van der Waals surface area contributed by atoms with E-state index < -0.39 is 0 Å². The van der Waals surface area contributed by atoms with Gasteiger partial charge in [-0.2, -0.15) is 11.8 Å². The molecule has 1 aromatic carbocycles. The van der Waals surface area contributed by atoms with Gasteiger partial charge in [-0.05, 0) is 42.0 Å². The summed E-state index contributed by atoms with van der Waals surface area (Å²) in [5.74, 6) is 2.53. The Bertz CT molecular complexity index is 1020. The molecule has 4 heterocycles. The lowest BCUT2D eigenvalue weighted by Gasteiger charge is -2.36. The second-order valence-corrected chi connectivity index (χ2v) is 9.53. The largest absolute Gasteiger partial charge is 0.506 e. The zero-order chi connectivity index (χ0) is 19.8. The molecule has 0 radical (unpaired) electrons. The van der Waals surface area contributed by atoms with E-state index in [0.29, 0.717) is 18.8 Å². The summed E-state index contributed by atoms with van der Waals surface area (Å²) in [6.07, 6.45) is 5.02. The van der Waals surface area contributed by atoms with Crippen molar-refractivity contribution in [2.24, 2.45) is 0 Å². The van der Waals surface area contributed by atoms with Gasteiger partial charge in [0.15, 0.2) is 0 Å². The number of amides is 1. The third-order valence-electron chi connectivity index (χ3n) is 5.64. The maximum absolute atomic E-state index is 13.6. The number of benzene rings is 1. The molecule has 150 valence electrons. The number of thioether (sulfide) groups is 1. The maximum Gasteiger partial charge on any atom is 0.257 e. The van der Waals surface area contributed by atoms with Gasteiger partial charge < -0.3 is 19.5 Å². The second-order valence-electron chi connectivity index (χ2n) is 7.34. The number of nitrogens with zero attached hydrogens (tertiary/aromatic N) is 3. The molecule has 3 aromatic rings. The number of piperazine rings is 1. The smallest absolute Gasteiger partial charge is 0.257 e. The Labute approximate surface area is 178 Å². The number of rotatable bonds is 3. The third-order valence-corrected chi connectivity index (χ3v) is 8.06. The molecule has 2 aromatic heterocycles. The van der Waals surface area contributed by atoms with Crippen molar-refractivity contribution in [1.29, 1.82) is 0 Å². The molecule has 1 amide bonds. The first-order valence-corrected chi connectivity index (χ1v) is 11.9. The molecule has 2 aliphatic heterocycles. The molecular formula is C22H23N3O2S2. The van der Waals surface area contributed by atoms with Gasteiger partial charge >= 0.3 is 0 Å². The van der Waals surface area contributed by atoms with E-state index in [-0.39, 0.29) is 5.91 Å². The van der Waals surface area contributed by atoms with Crippen LogP contribution in [0.3, 0.4) is 0 Å². The number of aromatic nitrogens is 1. The molecule has 0 aliphatic carbocycles. The number of phenols is 1. The molecule has 5 nitrogen and oxygen atoms in total. The number of para-hydroxylation sites is 2. The van der Waals surface area contributed by atoms with Crippen LogP contribution in [-0.2, 0) is 12.2 Å².